The lowest BCUT2D eigenvalue weighted by atomic mass is 10.1. The minimum Gasteiger partial charge on any atom is -0.376 e. The molecule has 0 N–H and O–H groups in total. The first-order valence-corrected chi connectivity index (χ1v) is 6.11. The van der Waals surface area contributed by atoms with Gasteiger partial charge in [0.15, 0.2) is 0 Å². The van der Waals surface area contributed by atoms with Crippen LogP contribution in [0.3, 0.4) is 0 Å². The lowest BCUT2D eigenvalue weighted by Crippen LogP contribution is -2.06. The maximum absolute atomic E-state index is 2.37. The van der Waals surface area contributed by atoms with Crippen molar-refractivity contribution in [1.82, 2.24) is 4.90 Å². The third-order valence-electron chi connectivity index (χ3n) is 3.25. The van der Waals surface area contributed by atoms with E-state index in [0.29, 0.717) is 0 Å². The minimum absolute atomic E-state index is 1.07. The molecule has 1 nitrogen and oxygen atoms in total. The standard InChI is InChI=1S/C14H21N/c1-15-11-10-14(12-15)9-8-13-6-4-2-3-5-7-13/h8-11H,2-7,12H2,1H3. The van der Waals surface area contributed by atoms with Crippen molar-refractivity contribution >= 4 is 0 Å². The van der Waals surface area contributed by atoms with Crippen LogP contribution < -0.4 is 0 Å². The number of likely N-dealkylation sites (N-methyl/N-ethyl adjacent to an activating group) is 1. The Morgan fingerprint density at radius 3 is 2.40 bits per heavy atom. The van der Waals surface area contributed by atoms with Crippen LogP contribution in [0, 0.1) is 0 Å². The highest BCUT2D eigenvalue weighted by Crippen LogP contribution is 2.22. The van der Waals surface area contributed by atoms with Crippen molar-refractivity contribution in [2.45, 2.75) is 38.5 Å². The first-order valence-electron chi connectivity index (χ1n) is 6.11. The molecule has 0 unspecified atom stereocenters. The van der Waals surface area contributed by atoms with Crippen molar-refractivity contribution in [3.05, 3.63) is 35.6 Å². The molecule has 1 fully saturated rings. The molecule has 82 valence electrons. The molecule has 0 aromatic rings. The van der Waals surface area contributed by atoms with Gasteiger partial charge < -0.3 is 4.90 Å². The van der Waals surface area contributed by atoms with Crippen LogP contribution in [0.2, 0.25) is 0 Å². The van der Waals surface area contributed by atoms with Crippen LogP contribution in [0.15, 0.2) is 35.6 Å². The summed E-state index contributed by atoms with van der Waals surface area (Å²) in [5, 5.41) is 0. The van der Waals surface area contributed by atoms with E-state index in [1.54, 1.807) is 5.57 Å². The van der Waals surface area contributed by atoms with Gasteiger partial charge in [-0.3, -0.25) is 0 Å². The Morgan fingerprint density at radius 2 is 1.80 bits per heavy atom. The molecule has 0 bridgehead atoms. The van der Waals surface area contributed by atoms with Gasteiger partial charge in [0.05, 0.1) is 0 Å². The van der Waals surface area contributed by atoms with Crippen LogP contribution in [-0.4, -0.2) is 18.5 Å². The highest BCUT2D eigenvalue weighted by atomic mass is 15.1. The van der Waals surface area contributed by atoms with Gasteiger partial charge in [-0.05, 0) is 43.5 Å². The number of nitrogens with zero attached hydrogens (tertiary/aromatic N) is 1. The van der Waals surface area contributed by atoms with Gasteiger partial charge in [-0.2, -0.15) is 0 Å². The van der Waals surface area contributed by atoms with Crippen molar-refractivity contribution < 1.29 is 0 Å². The average Bonchev–Trinajstić information content (AvgIpc) is 2.52. The van der Waals surface area contributed by atoms with Crippen LogP contribution in [0.4, 0.5) is 0 Å². The monoisotopic (exact) mass is 203 g/mol. The molecule has 1 saturated carbocycles. The zero-order chi connectivity index (χ0) is 10.5. The molecular weight excluding hydrogens is 182 g/mol. The van der Waals surface area contributed by atoms with Crippen LogP contribution >= 0.6 is 0 Å². The van der Waals surface area contributed by atoms with Crippen molar-refractivity contribution in [2.75, 3.05) is 13.6 Å². The molecule has 0 aromatic heterocycles. The van der Waals surface area contributed by atoms with Gasteiger partial charge in [0.2, 0.25) is 0 Å². The lowest BCUT2D eigenvalue weighted by Gasteiger charge is -2.05. The maximum atomic E-state index is 2.37. The molecule has 0 spiro atoms. The van der Waals surface area contributed by atoms with Crippen LogP contribution in [0.5, 0.6) is 0 Å². The molecule has 1 aliphatic heterocycles. The number of rotatable bonds is 1. The molecule has 0 radical (unpaired) electrons. The quantitative estimate of drug-likeness (QED) is 0.588. The Bertz CT molecular complexity index is 286. The summed E-state index contributed by atoms with van der Waals surface area (Å²) in [5.41, 5.74) is 3.09. The molecule has 1 heteroatoms. The predicted octanol–water partition coefficient (Wildman–Crippen LogP) is 3.65. The molecule has 0 amide bonds. The largest absolute Gasteiger partial charge is 0.376 e. The first kappa shape index (κ1) is 10.5. The predicted molar refractivity (Wildman–Crippen MR) is 65.6 cm³/mol. The Morgan fingerprint density at radius 1 is 1.07 bits per heavy atom. The fourth-order valence-electron chi connectivity index (χ4n) is 2.30. The summed E-state index contributed by atoms with van der Waals surface area (Å²) in [4.78, 5) is 2.22. The summed E-state index contributed by atoms with van der Waals surface area (Å²) in [7, 11) is 2.12. The lowest BCUT2D eigenvalue weighted by molar-refractivity contribution is 0.523. The highest BCUT2D eigenvalue weighted by molar-refractivity contribution is 5.30. The summed E-state index contributed by atoms with van der Waals surface area (Å²) >= 11 is 0. The number of hydrogen-bond donors (Lipinski definition) is 0. The summed E-state index contributed by atoms with van der Waals surface area (Å²) < 4.78 is 0. The number of hydrogen-bond acceptors (Lipinski definition) is 1. The van der Waals surface area contributed by atoms with Crippen molar-refractivity contribution in [1.29, 1.82) is 0 Å². The average molecular weight is 203 g/mol. The Labute approximate surface area is 93.2 Å². The zero-order valence-corrected chi connectivity index (χ0v) is 9.71. The summed E-state index contributed by atoms with van der Waals surface area (Å²) in [6.45, 7) is 1.07. The second-order valence-corrected chi connectivity index (χ2v) is 4.71. The van der Waals surface area contributed by atoms with Gasteiger partial charge in [-0.25, -0.2) is 0 Å². The van der Waals surface area contributed by atoms with Crippen LogP contribution in [0.25, 0.3) is 0 Å². The molecule has 1 aliphatic carbocycles. The topological polar surface area (TPSA) is 3.24 Å². The Balaban J connectivity index is 1.94. The van der Waals surface area contributed by atoms with E-state index in [1.165, 1.54) is 44.1 Å². The first-order chi connectivity index (χ1) is 7.34. The van der Waals surface area contributed by atoms with Crippen LogP contribution in [-0.2, 0) is 0 Å². The van der Waals surface area contributed by atoms with E-state index in [0.717, 1.165) is 6.54 Å². The van der Waals surface area contributed by atoms with Gasteiger partial charge in [-0.15, -0.1) is 0 Å². The summed E-state index contributed by atoms with van der Waals surface area (Å²) in [6.07, 6.45) is 17.3. The maximum Gasteiger partial charge on any atom is 0.0421 e. The van der Waals surface area contributed by atoms with E-state index in [1.807, 2.05) is 0 Å². The SMILES string of the molecule is CN1C=CC(=CC=C2CCCCCC2)C1. The van der Waals surface area contributed by atoms with Crippen molar-refractivity contribution in [2.24, 2.45) is 0 Å². The minimum atomic E-state index is 1.07. The van der Waals surface area contributed by atoms with E-state index >= 15 is 0 Å². The third-order valence-corrected chi connectivity index (χ3v) is 3.25. The Hall–Kier alpha value is -0.980. The van der Waals surface area contributed by atoms with Gasteiger partial charge in [0.1, 0.15) is 0 Å². The normalized spacial score (nSPS) is 24.7. The fourth-order valence-corrected chi connectivity index (χ4v) is 2.30. The molecule has 0 atom stereocenters. The van der Waals surface area contributed by atoms with E-state index < -0.39 is 0 Å². The Kier molecular flexibility index (Phi) is 3.65. The van der Waals surface area contributed by atoms with E-state index in [4.69, 9.17) is 0 Å². The molecule has 0 saturated heterocycles. The van der Waals surface area contributed by atoms with Crippen molar-refractivity contribution in [3.8, 4) is 0 Å². The highest BCUT2D eigenvalue weighted by Gasteiger charge is 2.05. The third kappa shape index (κ3) is 3.26. The second kappa shape index (κ2) is 5.20. The zero-order valence-electron chi connectivity index (χ0n) is 9.71. The second-order valence-electron chi connectivity index (χ2n) is 4.71. The van der Waals surface area contributed by atoms with Gasteiger partial charge in [0.25, 0.3) is 0 Å². The molecule has 2 aliphatic rings. The van der Waals surface area contributed by atoms with Gasteiger partial charge in [-0.1, -0.05) is 30.6 Å². The molecule has 1 heterocycles. The van der Waals surface area contributed by atoms with Crippen LogP contribution in [0.1, 0.15) is 38.5 Å². The molecule has 15 heavy (non-hydrogen) atoms. The smallest absolute Gasteiger partial charge is 0.0421 e. The van der Waals surface area contributed by atoms with Gasteiger partial charge in [0, 0.05) is 13.6 Å². The van der Waals surface area contributed by atoms with E-state index in [2.05, 4.69) is 36.4 Å². The number of allylic oxidation sites excluding steroid dienone is 3. The van der Waals surface area contributed by atoms with Gasteiger partial charge >= 0.3 is 0 Å². The van der Waals surface area contributed by atoms with E-state index in [9.17, 15) is 0 Å². The summed E-state index contributed by atoms with van der Waals surface area (Å²) in [6, 6.07) is 0. The fraction of sp³-hybridized carbons (Fsp3) is 0.571. The molecule has 0 aromatic carbocycles. The molecular formula is C14H21N. The van der Waals surface area contributed by atoms with E-state index in [-0.39, 0.29) is 0 Å². The molecule has 2 rings (SSSR count). The summed E-state index contributed by atoms with van der Waals surface area (Å²) in [5.74, 6) is 0. The van der Waals surface area contributed by atoms with Crippen molar-refractivity contribution in [3.63, 3.8) is 0 Å².